The van der Waals surface area contributed by atoms with Gasteiger partial charge >= 0.3 is 0 Å². The molecule has 106 valence electrons. The van der Waals surface area contributed by atoms with Gasteiger partial charge in [-0.1, -0.05) is 61.1 Å². The third-order valence-electron chi connectivity index (χ3n) is 2.72. The lowest BCUT2D eigenvalue weighted by molar-refractivity contribution is 0.0627. The summed E-state index contributed by atoms with van der Waals surface area (Å²) in [4.78, 5) is 5.44. The standard InChI is InChI=1S/C12H9Br2Cl2N3O/c13-4-11(14)12(20,5-19-7-17-6-18-19)9-2-1-8(15)3-10(9)16/h1-4,6-7,20H,5H2/b11-4-. The number of rotatable bonds is 4. The fraction of sp³-hybridized carbons (Fsp3) is 0.167. The zero-order valence-corrected chi connectivity index (χ0v) is 14.7. The highest BCUT2D eigenvalue weighted by atomic mass is 79.9. The first-order valence-electron chi connectivity index (χ1n) is 5.44. The van der Waals surface area contributed by atoms with Crippen molar-refractivity contribution in [1.82, 2.24) is 14.8 Å². The lowest BCUT2D eigenvalue weighted by Gasteiger charge is -2.29. The summed E-state index contributed by atoms with van der Waals surface area (Å²) in [5.41, 5.74) is -0.875. The lowest BCUT2D eigenvalue weighted by atomic mass is 9.93. The Bertz CT molecular complexity index is 634. The molecule has 4 nitrogen and oxygen atoms in total. The molecule has 8 heteroatoms. The molecule has 1 aromatic carbocycles. The summed E-state index contributed by atoms with van der Waals surface area (Å²) < 4.78 is 2.02. The Morgan fingerprint density at radius 1 is 1.45 bits per heavy atom. The molecule has 1 N–H and O–H groups in total. The van der Waals surface area contributed by atoms with Crippen molar-refractivity contribution in [3.05, 3.63) is 55.9 Å². The number of hydrogen-bond acceptors (Lipinski definition) is 3. The van der Waals surface area contributed by atoms with Gasteiger partial charge in [0.2, 0.25) is 0 Å². The molecule has 1 atom stereocenters. The molecule has 0 amide bonds. The van der Waals surface area contributed by atoms with Crippen molar-refractivity contribution in [2.24, 2.45) is 0 Å². The number of aliphatic hydroxyl groups is 1. The lowest BCUT2D eigenvalue weighted by Crippen LogP contribution is -2.32. The van der Waals surface area contributed by atoms with Gasteiger partial charge in [-0.3, -0.25) is 0 Å². The van der Waals surface area contributed by atoms with E-state index in [1.54, 1.807) is 23.2 Å². The molecule has 1 unspecified atom stereocenters. The van der Waals surface area contributed by atoms with Crippen LogP contribution in [0, 0.1) is 0 Å². The molecular formula is C12H9Br2Cl2N3O. The van der Waals surface area contributed by atoms with Crippen LogP contribution in [0.5, 0.6) is 0 Å². The van der Waals surface area contributed by atoms with Crippen LogP contribution >= 0.6 is 55.1 Å². The summed E-state index contributed by atoms with van der Waals surface area (Å²) >= 11 is 18.6. The number of aromatic nitrogens is 3. The largest absolute Gasteiger partial charge is 0.378 e. The predicted molar refractivity (Wildman–Crippen MR) is 86.3 cm³/mol. The third-order valence-corrected chi connectivity index (χ3v) is 5.23. The van der Waals surface area contributed by atoms with Crippen molar-refractivity contribution >= 4 is 55.1 Å². The normalized spacial score (nSPS) is 15.2. The minimum Gasteiger partial charge on any atom is -0.378 e. The number of hydrogen-bond donors (Lipinski definition) is 1. The van der Waals surface area contributed by atoms with Crippen molar-refractivity contribution in [1.29, 1.82) is 0 Å². The van der Waals surface area contributed by atoms with Gasteiger partial charge in [0.1, 0.15) is 18.3 Å². The molecule has 0 aliphatic carbocycles. The first-order chi connectivity index (χ1) is 9.47. The van der Waals surface area contributed by atoms with Crippen LogP contribution in [0.1, 0.15) is 5.56 Å². The summed E-state index contributed by atoms with van der Waals surface area (Å²) in [5.74, 6) is 0. The quantitative estimate of drug-likeness (QED) is 0.777. The Hall–Kier alpha value is -0.400. The molecule has 20 heavy (non-hydrogen) atoms. The molecular weight excluding hydrogens is 433 g/mol. The predicted octanol–water partition coefficient (Wildman–Crippen LogP) is 4.10. The zero-order chi connectivity index (χ0) is 14.8. The summed E-state index contributed by atoms with van der Waals surface area (Å²) in [7, 11) is 0. The first-order valence-corrected chi connectivity index (χ1v) is 7.90. The minimum atomic E-state index is -1.39. The number of benzene rings is 1. The molecule has 0 aliphatic rings. The Balaban J connectivity index is 2.51. The summed E-state index contributed by atoms with van der Waals surface area (Å²) in [6, 6.07) is 4.93. The molecule has 0 saturated carbocycles. The number of halogens is 4. The third kappa shape index (κ3) is 3.26. The molecule has 0 bridgehead atoms. The molecule has 0 saturated heterocycles. The zero-order valence-electron chi connectivity index (χ0n) is 9.97. The van der Waals surface area contributed by atoms with Gasteiger partial charge in [0.05, 0.1) is 6.54 Å². The summed E-state index contributed by atoms with van der Waals surface area (Å²) in [5, 5.41) is 15.9. The van der Waals surface area contributed by atoms with Gasteiger partial charge in [-0.15, -0.1) is 0 Å². The van der Waals surface area contributed by atoms with E-state index in [0.29, 0.717) is 20.1 Å². The molecule has 1 heterocycles. The van der Waals surface area contributed by atoms with E-state index in [0.717, 1.165) is 0 Å². The Morgan fingerprint density at radius 3 is 2.75 bits per heavy atom. The van der Waals surface area contributed by atoms with E-state index in [-0.39, 0.29) is 6.54 Å². The van der Waals surface area contributed by atoms with Crippen LogP contribution in [0.4, 0.5) is 0 Å². The van der Waals surface area contributed by atoms with E-state index in [9.17, 15) is 5.11 Å². The SMILES string of the molecule is OC(Cn1cncn1)(/C(Br)=C/Br)c1ccc(Cl)cc1Cl. The molecule has 0 aliphatic heterocycles. The maximum atomic E-state index is 11.0. The van der Waals surface area contributed by atoms with Gasteiger partial charge < -0.3 is 5.11 Å². The Morgan fingerprint density at radius 2 is 2.20 bits per heavy atom. The van der Waals surface area contributed by atoms with E-state index >= 15 is 0 Å². The van der Waals surface area contributed by atoms with Crippen molar-refractivity contribution in [2.45, 2.75) is 12.1 Å². The molecule has 2 rings (SSSR count). The first kappa shape index (κ1) is 16.0. The van der Waals surface area contributed by atoms with Crippen molar-refractivity contribution in [2.75, 3.05) is 0 Å². The van der Waals surface area contributed by atoms with Crippen molar-refractivity contribution in [3.8, 4) is 0 Å². The van der Waals surface area contributed by atoms with Gasteiger partial charge in [0, 0.05) is 20.1 Å². The molecule has 0 radical (unpaired) electrons. The highest BCUT2D eigenvalue weighted by molar-refractivity contribution is 9.14. The van der Waals surface area contributed by atoms with Crippen LogP contribution in [-0.4, -0.2) is 19.9 Å². The van der Waals surface area contributed by atoms with E-state index in [1.807, 2.05) is 0 Å². The molecule has 2 aromatic rings. The molecule has 0 spiro atoms. The maximum Gasteiger partial charge on any atom is 0.142 e. The van der Waals surface area contributed by atoms with Crippen LogP contribution in [0.2, 0.25) is 10.0 Å². The molecule has 1 aromatic heterocycles. The highest BCUT2D eigenvalue weighted by Gasteiger charge is 2.35. The Labute approximate surface area is 142 Å². The van der Waals surface area contributed by atoms with Crippen LogP contribution in [0.15, 0.2) is 40.3 Å². The van der Waals surface area contributed by atoms with Crippen molar-refractivity contribution < 1.29 is 5.11 Å². The van der Waals surface area contributed by atoms with Crippen LogP contribution in [-0.2, 0) is 12.1 Å². The van der Waals surface area contributed by atoms with Crippen LogP contribution < -0.4 is 0 Å². The second-order valence-corrected chi connectivity index (χ2v) is 6.19. The van der Waals surface area contributed by atoms with Gasteiger partial charge in [0.25, 0.3) is 0 Å². The Kier molecular flexibility index (Phi) is 5.25. The topological polar surface area (TPSA) is 50.9 Å². The fourth-order valence-corrected chi connectivity index (χ4v) is 3.04. The average molecular weight is 442 g/mol. The van der Waals surface area contributed by atoms with Crippen LogP contribution in [0.3, 0.4) is 0 Å². The van der Waals surface area contributed by atoms with Gasteiger partial charge in [0.15, 0.2) is 0 Å². The van der Waals surface area contributed by atoms with E-state index < -0.39 is 5.60 Å². The van der Waals surface area contributed by atoms with Crippen molar-refractivity contribution in [3.63, 3.8) is 0 Å². The fourth-order valence-electron chi connectivity index (χ4n) is 1.75. The van der Waals surface area contributed by atoms with E-state index in [4.69, 9.17) is 23.2 Å². The monoisotopic (exact) mass is 439 g/mol. The highest BCUT2D eigenvalue weighted by Crippen LogP contribution is 2.40. The maximum absolute atomic E-state index is 11.0. The number of nitrogens with zero attached hydrogens (tertiary/aromatic N) is 3. The second kappa shape index (κ2) is 6.58. The summed E-state index contributed by atoms with van der Waals surface area (Å²) in [6.45, 7) is 0.150. The van der Waals surface area contributed by atoms with Gasteiger partial charge in [-0.05, 0) is 17.1 Å². The molecule has 0 fully saturated rings. The van der Waals surface area contributed by atoms with E-state index in [2.05, 4.69) is 41.9 Å². The minimum absolute atomic E-state index is 0.150. The van der Waals surface area contributed by atoms with Gasteiger partial charge in [-0.25, -0.2) is 9.67 Å². The average Bonchev–Trinajstić information content (AvgIpc) is 2.90. The smallest absolute Gasteiger partial charge is 0.142 e. The van der Waals surface area contributed by atoms with Crippen LogP contribution in [0.25, 0.3) is 0 Å². The second-order valence-electron chi connectivity index (χ2n) is 4.03. The summed E-state index contributed by atoms with van der Waals surface area (Å²) in [6.07, 6.45) is 2.92. The van der Waals surface area contributed by atoms with Gasteiger partial charge in [-0.2, -0.15) is 5.10 Å². The van der Waals surface area contributed by atoms with E-state index in [1.165, 1.54) is 17.3 Å².